The first-order valence-electron chi connectivity index (χ1n) is 4.93. The van der Waals surface area contributed by atoms with E-state index in [9.17, 15) is 5.11 Å². The summed E-state index contributed by atoms with van der Waals surface area (Å²) in [6, 6.07) is 6.82. The Labute approximate surface area is 109 Å². The number of halogens is 2. The SMILES string of the molecule is Nc1nccc(CO)c1-c1ccc(Cl)cc1Cl. The lowest BCUT2D eigenvalue weighted by Crippen LogP contribution is -1.99. The normalized spacial score (nSPS) is 10.5. The molecular weight excluding hydrogens is 259 g/mol. The molecule has 0 bridgehead atoms. The lowest BCUT2D eigenvalue weighted by atomic mass is 10.0. The van der Waals surface area contributed by atoms with Crippen LogP contribution in [0.2, 0.25) is 10.0 Å². The van der Waals surface area contributed by atoms with Crippen molar-refractivity contribution < 1.29 is 5.11 Å². The van der Waals surface area contributed by atoms with Gasteiger partial charge in [-0.3, -0.25) is 0 Å². The molecule has 0 radical (unpaired) electrons. The fraction of sp³-hybridized carbons (Fsp3) is 0.0833. The molecule has 0 aliphatic carbocycles. The maximum Gasteiger partial charge on any atom is 0.131 e. The van der Waals surface area contributed by atoms with E-state index in [4.69, 9.17) is 28.9 Å². The first-order valence-corrected chi connectivity index (χ1v) is 5.68. The summed E-state index contributed by atoms with van der Waals surface area (Å²) in [4.78, 5) is 4.00. The van der Waals surface area contributed by atoms with Crippen LogP contribution in [-0.2, 0) is 6.61 Å². The Morgan fingerprint density at radius 2 is 2.00 bits per heavy atom. The number of nitrogen functional groups attached to an aromatic ring is 1. The topological polar surface area (TPSA) is 59.1 Å². The van der Waals surface area contributed by atoms with Gasteiger partial charge in [0.15, 0.2) is 0 Å². The molecule has 17 heavy (non-hydrogen) atoms. The van der Waals surface area contributed by atoms with Crippen LogP contribution in [0.5, 0.6) is 0 Å². The monoisotopic (exact) mass is 268 g/mol. The zero-order chi connectivity index (χ0) is 12.4. The van der Waals surface area contributed by atoms with E-state index in [1.54, 1.807) is 30.5 Å². The molecule has 88 valence electrons. The maximum absolute atomic E-state index is 9.30. The smallest absolute Gasteiger partial charge is 0.131 e. The van der Waals surface area contributed by atoms with Gasteiger partial charge in [-0.1, -0.05) is 29.3 Å². The molecular formula is C12H10Cl2N2O. The van der Waals surface area contributed by atoms with Crippen LogP contribution in [0.1, 0.15) is 5.56 Å². The zero-order valence-electron chi connectivity index (χ0n) is 8.82. The van der Waals surface area contributed by atoms with Crippen molar-refractivity contribution in [2.24, 2.45) is 0 Å². The number of benzene rings is 1. The molecule has 0 spiro atoms. The van der Waals surface area contributed by atoms with Gasteiger partial charge in [0, 0.05) is 22.3 Å². The molecule has 0 saturated heterocycles. The molecule has 3 nitrogen and oxygen atoms in total. The summed E-state index contributed by atoms with van der Waals surface area (Å²) >= 11 is 12.0. The van der Waals surface area contributed by atoms with Crippen LogP contribution in [0.15, 0.2) is 30.5 Å². The summed E-state index contributed by atoms with van der Waals surface area (Å²) in [6.45, 7) is -0.124. The lowest BCUT2D eigenvalue weighted by molar-refractivity contribution is 0.282. The van der Waals surface area contributed by atoms with Gasteiger partial charge in [0.25, 0.3) is 0 Å². The fourth-order valence-electron chi connectivity index (χ4n) is 1.65. The van der Waals surface area contributed by atoms with Crippen LogP contribution < -0.4 is 5.73 Å². The molecule has 0 atom stereocenters. The first kappa shape index (κ1) is 12.2. The van der Waals surface area contributed by atoms with Crippen molar-refractivity contribution in [2.75, 3.05) is 5.73 Å². The van der Waals surface area contributed by atoms with Crippen molar-refractivity contribution in [3.05, 3.63) is 46.1 Å². The summed E-state index contributed by atoms with van der Waals surface area (Å²) in [5, 5.41) is 10.3. The average molecular weight is 269 g/mol. The predicted octanol–water partition coefficient (Wildman–Crippen LogP) is 3.13. The highest BCUT2D eigenvalue weighted by molar-refractivity contribution is 6.36. The summed E-state index contributed by atoms with van der Waals surface area (Å²) in [6.07, 6.45) is 1.55. The first-order chi connectivity index (χ1) is 8.13. The van der Waals surface area contributed by atoms with E-state index in [-0.39, 0.29) is 6.61 Å². The maximum atomic E-state index is 9.30. The van der Waals surface area contributed by atoms with Crippen molar-refractivity contribution in [1.82, 2.24) is 4.98 Å². The van der Waals surface area contributed by atoms with Gasteiger partial charge >= 0.3 is 0 Å². The number of nitrogens with two attached hydrogens (primary N) is 1. The van der Waals surface area contributed by atoms with Crippen LogP contribution in [0.3, 0.4) is 0 Å². The van der Waals surface area contributed by atoms with Crippen LogP contribution in [-0.4, -0.2) is 10.1 Å². The second-order valence-electron chi connectivity index (χ2n) is 3.51. The van der Waals surface area contributed by atoms with Crippen LogP contribution in [0.25, 0.3) is 11.1 Å². The highest BCUT2D eigenvalue weighted by Crippen LogP contribution is 2.35. The standard InChI is InChI=1S/C12H10Cl2N2O/c13-8-1-2-9(10(14)5-8)11-7(6-17)3-4-16-12(11)15/h1-5,17H,6H2,(H2,15,16). The Bertz CT molecular complexity index is 558. The van der Waals surface area contributed by atoms with E-state index in [1.807, 2.05) is 0 Å². The number of hydrogen-bond donors (Lipinski definition) is 2. The van der Waals surface area contributed by atoms with Crippen molar-refractivity contribution in [3.63, 3.8) is 0 Å². The number of pyridine rings is 1. The Kier molecular flexibility index (Phi) is 3.52. The third-order valence-electron chi connectivity index (χ3n) is 2.44. The molecule has 0 aliphatic heterocycles. The average Bonchev–Trinajstić information content (AvgIpc) is 2.30. The van der Waals surface area contributed by atoms with Crippen molar-refractivity contribution >= 4 is 29.0 Å². The molecule has 0 unspecified atom stereocenters. The van der Waals surface area contributed by atoms with Crippen LogP contribution in [0, 0.1) is 0 Å². The second-order valence-corrected chi connectivity index (χ2v) is 4.36. The van der Waals surface area contributed by atoms with E-state index < -0.39 is 0 Å². The van der Waals surface area contributed by atoms with Crippen LogP contribution in [0.4, 0.5) is 5.82 Å². The summed E-state index contributed by atoms with van der Waals surface area (Å²) in [5.41, 5.74) is 7.87. The molecule has 0 fully saturated rings. The van der Waals surface area contributed by atoms with E-state index in [1.165, 1.54) is 0 Å². The minimum absolute atomic E-state index is 0.124. The Balaban J connectivity index is 2.67. The van der Waals surface area contributed by atoms with Gasteiger partial charge in [0.2, 0.25) is 0 Å². The predicted molar refractivity (Wildman–Crippen MR) is 70.0 cm³/mol. The van der Waals surface area contributed by atoms with E-state index >= 15 is 0 Å². The van der Waals surface area contributed by atoms with Crippen LogP contribution >= 0.6 is 23.2 Å². The molecule has 0 saturated carbocycles. The molecule has 1 heterocycles. The molecule has 0 aliphatic rings. The molecule has 1 aromatic carbocycles. The molecule has 3 N–H and O–H groups in total. The number of anilines is 1. The highest BCUT2D eigenvalue weighted by Gasteiger charge is 2.12. The van der Waals surface area contributed by atoms with Crippen molar-refractivity contribution in [3.8, 4) is 11.1 Å². The number of aliphatic hydroxyl groups excluding tert-OH is 1. The highest BCUT2D eigenvalue weighted by atomic mass is 35.5. The van der Waals surface area contributed by atoms with Crippen molar-refractivity contribution in [1.29, 1.82) is 0 Å². The van der Waals surface area contributed by atoms with E-state index in [2.05, 4.69) is 4.98 Å². The Morgan fingerprint density at radius 1 is 1.24 bits per heavy atom. The lowest BCUT2D eigenvalue weighted by Gasteiger charge is -2.11. The van der Waals surface area contributed by atoms with E-state index in [0.717, 1.165) is 0 Å². The number of aliphatic hydroxyl groups is 1. The number of hydrogen-bond acceptors (Lipinski definition) is 3. The minimum atomic E-state index is -0.124. The number of aromatic nitrogens is 1. The third kappa shape index (κ3) is 2.36. The largest absolute Gasteiger partial charge is 0.392 e. The fourth-order valence-corrected chi connectivity index (χ4v) is 2.16. The zero-order valence-corrected chi connectivity index (χ0v) is 10.3. The summed E-state index contributed by atoms with van der Waals surface area (Å²) in [7, 11) is 0. The molecule has 5 heteroatoms. The minimum Gasteiger partial charge on any atom is -0.392 e. The Hall–Kier alpha value is -1.29. The second kappa shape index (κ2) is 4.92. The van der Waals surface area contributed by atoms with Gasteiger partial charge in [-0.25, -0.2) is 4.98 Å². The van der Waals surface area contributed by atoms with Crippen molar-refractivity contribution in [2.45, 2.75) is 6.61 Å². The van der Waals surface area contributed by atoms with Gasteiger partial charge in [-0.15, -0.1) is 0 Å². The quantitative estimate of drug-likeness (QED) is 0.880. The molecule has 2 aromatic rings. The summed E-state index contributed by atoms with van der Waals surface area (Å²) < 4.78 is 0. The number of rotatable bonds is 2. The molecule has 1 aromatic heterocycles. The van der Waals surface area contributed by atoms with Gasteiger partial charge in [-0.2, -0.15) is 0 Å². The van der Waals surface area contributed by atoms with E-state index in [0.29, 0.717) is 32.6 Å². The van der Waals surface area contributed by atoms with Gasteiger partial charge in [0.1, 0.15) is 5.82 Å². The number of nitrogens with zero attached hydrogens (tertiary/aromatic N) is 1. The van der Waals surface area contributed by atoms with Gasteiger partial charge in [-0.05, 0) is 23.8 Å². The summed E-state index contributed by atoms with van der Waals surface area (Å²) in [5.74, 6) is 0.334. The van der Waals surface area contributed by atoms with Gasteiger partial charge < -0.3 is 10.8 Å². The molecule has 2 rings (SSSR count). The Morgan fingerprint density at radius 3 is 2.65 bits per heavy atom. The third-order valence-corrected chi connectivity index (χ3v) is 2.99. The molecule has 0 amide bonds. The van der Waals surface area contributed by atoms with Gasteiger partial charge in [0.05, 0.1) is 11.6 Å².